The number of fused-ring (bicyclic) bond motifs is 2. The van der Waals surface area contributed by atoms with Gasteiger partial charge in [-0.1, -0.05) is 42.8 Å². The normalized spacial score (nSPS) is 12.0. The Morgan fingerprint density at radius 3 is 2.57 bits per heavy atom. The van der Waals surface area contributed by atoms with Crippen LogP contribution in [0.1, 0.15) is 34.7 Å². The Hall–Kier alpha value is -3.77. The molecule has 1 amide bonds. The van der Waals surface area contributed by atoms with E-state index in [1.54, 1.807) is 16.8 Å². The zero-order valence-corrected chi connectivity index (χ0v) is 20.6. The third-order valence-electron chi connectivity index (χ3n) is 6.33. The van der Waals surface area contributed by atoms with E-state index in [0.29, 0.717) is 34.3 Å². The Labute approximate surface area is 208 Å². The number of ether oxygens (including phenoxy) is 1. The summed E-state index contributed by atoms with van der Waals surface area (Å²) in [5.41, 5.74) is 5.73. The summed E-state index contributed by atoms with van der Waals surface area (Å²) in [5.74, 6) is 0.755. The number of benzene rings is 3. The van der Waals surface area contributed by atoms with E-state index in [1.165, 1.54) is 4.68 Å². The van der Waals surface area contributed by atoms with Crippen LogP contribution in [0.25, 0.3) is 5.69 Å². The fourth-order valence-electron chi connectivity index (χ4n) is 4.39. The van der Waals surface area contributed by atoms with Crippen LogP contribution >= 0.6 is 11.6 Å². The summed E-state index contributed by atoms with van der Waals surface area (Å²) in [5, 5.41) is 3.57. The third-order valence-corrected chi connectivity index (χ3v) is 6.57. The molecule has 1 aliphatic rings. The van der Waals surface area contributed by atoms with Crippen molar-refractivity contribution in [2.45, 2.75) is 40.2 Å². The van der Waals surface area contributed by atoms with E-state index in [1.807, 2.05) is 62.4 Å². The van der Waals surface area contributed by atoms with Gasteiger partial charge in [-0.2, -0.15) is 0 Å². The maximum atomic E-state index is 13.6. The van der Waals surface area contributed by atoms with Gasteiger partial charge < -0.3 is 10.1 Å². The lowest BCUT2D eigenvalue weighted by Gasteiger charge is -2.20. The molecule has 0 unspecified atom stereocenters. The van der Waals surface area contributed by atoms with Crippen LogP contribution in [0, 0.1) is 13.8 Å². The minimum Gasteiger partial charge on any atom is -0.439 e. The number of carbonyl (C=O) groups excluding carboxylic acids is 1. The Morgan fingerprint density at radius 2 is 1.83 bits per heavy atom. The number of hydrogen-bond acceptors (Lipinski definition) is 3. The van der Waals surface area contributed by atoms with E-state index >= 15 is 0 Å². The second kappa shape index (κ2) is 9.12. The Bertz CT molecular complexity index is 1500. The molecular weight excluding hydrogens is 462 g/mol. The summed E-state index contributed by atoms with van der Waals surface area (Å²) in [7, 11) is 0. The second-order valence-corrected chi connectivity index (χ2v) is 9.31. The van der Waals surface area contributed by atoms with Gasteiger partial charge in [-0.3, -0.25) is 9.59 Å². The van der Waals surface area contributed by atoms with Gasteiger partial charge in [0.25, 0.3) is 5.56 Å². The quantitative estimate of drug-likeness (QED) is 0.340. The van der Waals surface area contributed by atoms with Crippen LogP contribution in [0.5, 0.6) is 11.6 Å². The molecule has 0 radical (unpaired) electrons. The number of rotatable bonds is 5. The van der Waals surface area contributed by atoms with Crippen LogP contribution in [-0.2, 0) is 24.2 Å². The lowest BCUT2D eigenvalue weighted by Crippen LogP contribution is -2.27. The van der Waals surface area contributed by atoms with Gasteiger partial charge >= 0.3 is 0 Å². The van der Waals surface area contributed by atoms with E-state index in [9.17, 15) is 9.59 Å². The van der Waals surface area contributed by atoms with Gasteiger partial charge in [-0.25, -0.2) is 9.36 Å². The maximum absolute atomic E-state index is 13.6. The molecule has 0 bridgehead atoms. The highest BCUT2D eigenvalue weighted by molar-refractivity contribution is 6.30. The van der Waals surface area contributed by atoms with Crippen LogP contribution in [0.3, 0.4) is 0 Å². The zero-order valence-electron chi connectivity index (χ0n) is 19.9. The van der Waals surface area contributed by atoms with Crippen molar-refractivity contribution in [2.75, 3.05) is 5.32 Å². The number of amides is 1. The molecule has 35 heavy (non-hydrogen) atoms. The highest BCUT2D eigenvalue weighted by Crippen LogP contribution is 2.37. The monoisotopic (exact) mass is 487 g/mol. The van der Waals surface area contributed by atoms with Crippen molar-refractivity contribution in [1.29, 1.82) is 0 Å². The van der Waals surface area contributed by atoms with Crippen molar-refractivity contribution in [3.8, 4) is 17.3 Å². The summed E-state index contributed by atoms with van der Waals surface area (Å²) in [6.07, 6.45) is 1.27. The predicted octanol–water partition coefficient (Wildman–Crippen LogP) is 5.81. The molecule has 1 aliphatic heterocycles. The smallest absolute Gasteiger partial charge is 0.278 e. The topological polar surface area (TPSA) is 65.3 Å². The fourth-order valence-corrected chi connectivity index (χ4v) is 4.58. The lowest BCUT2D eigenvalue weighted by molar-refractivity contribution is -0.117. The van der Waals surface area contributed by atoms with E-state index in [2.05, 4.69) is 12.2 Å². The van der Waals surface area contributed by atoms with Gasteiger partial charge in [0.1, 0.15) is 12.3 Å². The number of halogens is 1. The fraction of sp³-hybridized carbons (Fsp3) is 0.214. The van der Waals surface area contributed by atoms with Gasteiger partial charge in [0.05, 0.1) is 11.3 Å². The number of carbonyl (C=O) groups is 1. The first-order valence-electron chi connectivity index (χ1n) is 11.6. The van der Waals surface area contributed by atoms with Crippen LogP contribution < -0.4 is 15.6 Å². The van der Waals surface area contributed by atoms with Gasteiger partial charge in [0.2, 0.25) is 11.8 Å². The lowest BCUT2D eigenvalue weighted by atomic mass is 10.0. The van der Waals surface area contributed by atoms with Crippen molar-refractivity contribution in [3.05, 3.63) is 104 Å². The average molecular weight is 488 g/mol. The molecule has 0 spiro atoms. The molecule has 178 valence electrons. The highest BCUT2D eigenvalue weighted by atomic mass is 35.5. The molecule has 0 atom stereocenters. The standard InChI is InChI=1S/C28H26ClN3O3/c1-4-19-7-10-22(11-8-19)32-27(34)23-15-20-14-21(29)9-12-25(20)35-28(23)31(32)16-26(33)30-24-13-17(2)5-6-18(24)3/h5-14H,4,15-16H2,1-3H3,(H,30,33). The Balaban J connectivity index is 1.58. The Kier molecular flexibility index (Phi) is 5.99. The molecule has 4 aromatic rings. The van der Waals surface area contributed by atoms with Gasteiger partial charge in [-0.05, 0) is 73.4 Å². The van der Waals surface area contributed by atoms with Gasteiger partial charge in [0.15, 0.2) is 0 Å². The average Bonchev–Trinajstić information content (AvgIpc) is 3.10. The molecule has 7 heteroatoms. The summed E-state index contributed by atoms with van der Waals surface area (Å²) in [6.45, 7) is 5.92. The van der Waals surface area contributed by atoms with Crippen molar-refractivity contribution in [2.24, 2.45) is 0 Å². The second-order valence-electron chi connectivity index (χ2n) is 8.88. The molecule has 3 aromatic carbocycles. The number of nitrogens with zero attached hydrogens (tertiary/aromatic N) is 2. The largest absolute Gasteiger partial charge is 0.439 e. The summed E-state index contributed by atoms with van der Waals surface area (Å²) in [6, 6.07) is 19.0. The summed E-state index contributed by atoms with van der Waals surface area (Å²) < 4.78 is 9.34. The minimum absolute atomic E-state index is 0.0869. The first kappa shape index (κ1) is 23.0. The molecule has 0 fully saturated rings. The Morgan fingerprint density at radius 1 is 1.06 bits per heavy atom. The van der Waals surface area contributed by atoms with Crippen molar-refractivity contribution in [1.82, 2.24) is 9.36 Å². The zero-order chi connectivity index (χ0) is 24.7. The number of nitrogens with one attached hydrogen (secondary N) is 1. The van der Waals surface area contributed by atoms with E-state index < -0.39 is 0 Å². The van der Waals surface area contributed by atoms with E-state index in [4.69, 9.17) is 16.3 Å². The van der Waals surface area contributed by atoms with Crippen molar-refractivity contribution < 1.29 is 9.53 Å². The van der Waals surface area contributed by atoms with Crippen LogP contribution in [0.4, 0.5) is 5.69 Å². The molecule has 5 rings (SSSR count). The van der Waals surface area contributed by atoms with Crippen LogP contribution in [-0.4, -0.2) is 15.3 Å². The molecular formula is C28H26ClN3O3. The third kappa shape index (κ3) is 4.37. The van der Waals surface area contributed by atoms with Crippen LogP contribution in [0.2, 0.25) is 5.02 Å². The summed E-state index contributed by atoms with van der Waals surface area (Å²) in [4.78, 5) is 26.8. The van der Waals surface area contributed by atoms with Gasteiger partial charge in [0, 0.05) is 22.7 Å². The first-order chi connectivity index (χ1) is 16.8. The minimum atomic E-state index is -0.249. The molecule has 0 saturated carbocycles. The predicted molar refractivity (Wildman–Crippen MR) is 138 cm³/mol. The maximum Gasteiger partial charge on any atom is 0.278 e. The number of anilines is 1. The SMILES string of the molecule is CCc1ccc(-n2c(=O)c3c(n2CC(=O)Nc2cc(C)ccc2C)Oc2ccc(Cl)cc2C3)cc1. The molecule has 1 aromatic heterocycles. The molecule has 0 saturated heterocycles. The summed E-state index contributed by atoms with van der Waals surface area (Å²) >= 11 is 6.18. The van der Waals surface area contributed by atoms with Gasteiger partial charge in [-0.15, -0.1) is 0 Å². The molecule has 0 aliphatic carbocycles. The number of hydrogen-bond donors (Lipinski definition) is 1. The number of aryl methyl sites for hydroxylation is 3. The van der Waals surface area contributed by atoms with E-state index in [-0.39, 0.29) is 18.0 Å². The van der Waals surface area contributed by atoms with Crippen molar-refractivity contribution in [3.63, 3.8) is 0 Å². The molecule has 1 N–H and O–H groups in total. The highest BCUT2D eigenvalue weighted by Gasteiger charge is 2.29. The molecule has 6 nitrogen and oxygen atoms in total. The van der Waals surface area contributed by atoms with Crippen molar-refractivity contribution >= 4 is 23.2 Å². The molecule has 2 heterocycles. The van der Waals surface area contributed by atoms with E-state index in [0.717, 1.165) is 34.4 Å². The first-order valence-corrected chi connectivity index (χ1v) is 12.0. The number of aromatic nitrogens is 2. The van der Waals surface area contributed by atoms with Crippen LogP contribution in [0.15, 0.2) is 65.5 Å².